The summed E-state index contributed by atoms with van der Waals surface area (Å²) in [6.07, 6.45) is 4.82. The molecule has 0 fully saturated rings. The Morgan fingerprint density at radius 3 is 2.73 bits per heavy atom. The first-order valence-corrected chi connectivity index (χ1v) is 2.98. The molecule has 0 saturated heterocycles. The van der Waals surface area contributed by atoms with Crippen molar-refractivity contribution in [3.05, 3.63) is 30.1 Å². The second kappa shape index (κ2) is 3.32. The molecule has 1 heterocycles. The van der Waals surface area contributed by atoms with Crippen LogP contribution in [0.15, 0.2) is 24.5 Å². The Bertz CT molecular complexity index is 285. The van der Waals surface area contributed by atoms with Gasteiger partial charge in [-0.1, -0.05) is 0 Å². The van der Waals surface area contributed by atoms with Crippen LogP contribution in [0.1, 0.15) is 5.56 Å². The van der Waals surface area contributed by atoms with Crippen LogP contribution in [-0.4, -0.2) is 10.8 Å². The van der Waals surface area contributed by atoms with Crippen LogP contribution in [0.4, 0.5) is 0 Å². The first-order chi connectivity index (χ1) is 5.34. The van der Waals surface area contributed by atoms with Crippen LogP contribution >= 0.6 is 0 Å². The summed E-state index contributed by atoms with van der Waals surface area (Å²) in [7, 11) is 0. The topological polar surface area (TPSA) is 72.6 Å². The van der Waals surface area contributed by atoms with Crippen molar-refractivity contribution in [1.29, 1.82) is 10.7 Å². The van der Waals surface area contributed by atoms with Gasteiger partial charge in [-0.15, -0.1) is 0 Å². The van der Waals surface area contributed by atoms with Gasteiger partial charge in [0.05, 0.1) is 0 Å². The smallest absolute Gasteiger partial charge is 0.182 e. The van der Waals surface area contributed by atoms with E-state index >= 15 is 0 Å². The molecule has 0 amide bonds. The minimum atomic E-state index is 0.0925. The number of aromatic nitrogens is 1. The van der Waals surface area contributed by atoms with Crippen molar-refractivity contribution in [3.8, 4) is 6.19 Å². The summed E-state index contributed by atoms with van der Waals surface area (Å²) in [5.41, 5.74) is 0.654. The van der Waals surface area contributed by atoms with Crippen LogP contribution in [0, 0.1) is 16.9 Å². The van der Waals surface area contributed by atoms with Gasteiger partial charge in [0.25, 0.3) is 0 Å². The molecule has 0 aliphatic heterocycles. The summed E-state index contributed by atoms with van der Waals surface area (Å²) in [5, 5.41) is 17.7. The molecule has 0 aromatic carbocycles. The number of nitrogens with one attached hydrogen (secondary N) is 2. The summed E-state index contributed by atoms with van der Waals surface area (Å²) in [6, 6.07) is 3.32. The molecule has 11 heavy (non-hydrogen) atoms. The van der Waals surface area contributed by atoms with Crippen molar-refractivity contribution < 1.29 is 0 Å². The summed E-state index contributed by atoms with van der Waals surface area (Å²) in [6.45, 7) is 0. The standard InChI is InChI=1S/C7H6N4/c8-5-11-7(9)6-1-3-10-4-2-6/h1-4H,(H2,9,11). The molecule has 0 aliphatic rings. The fourth-order valence-electron chi connectivity index (χ4n) is 0.647. The van der Waals surface area contributed by atoms with Crippen LogP contribution in [0.3, 0.4) is 0 Å². The molecule has 0 radical (unpaired) electrons. The van der Waals surface area contributed by atoms with E-state index < -0.39 is 0 Å². The Balaban J connectivity index is 2.79. The lowest BCUT2D eigenvalue weighted by Gasteiger charge is -1.97. The lowest BCUT2D eigenvalue weighted by molar-refractivity contribution is 1.21. The van der Waals surface area contributed by atoms with Gasteiger partial charge in [-0.2, -0.15) is 5.26 Å². The zero-order valence-electron chi connectivity index (χ0n) is 5.70. The maximum atomic E-state index is 8.18. The van der Waals surface area contributed by atoms with Crippen molar-refractivity contribution in [2.24, 2.45) is 0 Å². The molecular weight excluding hydrogens is 140 g/mol. The first-order valence-electron chi connectivity index (χ1n) is 2.98. The fraction of sp³-hybridized carbons (Fsp3) is 0. The van der Waals surface area contributed by atoms with Gasteiger partial charge >= 0.3 is 0 Å². The van der Waals surface area contributed by atoms with Gasteiger partial charge < -0.3 is 0 Å². The molecule has 0 spiro atoms. The highest BCUT2D eigenvalue weighted by molar-refractivity contribution is 5.96. The number of pyridine rings is 1. The van der Waals surface area contributed by atoms with E-state index in [1.165, 1.54) is 0 Å². The number of amidine groups is 1. The van der Waals surface area contributed by atoms with Crippen molar-refractivity contribution in [1.82, 2.24) is 10.3 Å². The minimum Gasteiger partial charge on any atom is -0.283 e. The maximum absolute atomic E-state index is 8.18. The lowest BCUT2D eigenvalue weighted by atomic mass is 10.2. The monoisotopic (exact) mass is 146 g/mol. The Hall–Kier alpha value is -1.89. The van der Waals surface area contributed by atoms with E-state index in [4.69, 9.17) is 10.7 Å². The van der Waals surface area contributed by atoms with Crippen LogP contribution in [-0.2, 0) is 0 Å². The molecule has 54 valence electrons. The van der Waals surface area contributed by atoms with Gasteiger partial charge in [0.2, 0.25) is 0 Å². The van der Waals surface area contributed by atoms with Crippen LogP contribution < -0.4 is 5.32 Å². The van der Waals surface area contributed by atoms with E-state index in [1.807, 2.05) is 0 Å². The Kier molecular flexibility index (Phi) is 2.18. The van der Waals surface area contributed by atoms with Crippen molar-refractivity contribution in [3.63, 3.8) is 0 Å². The van der Waals surface area contributed by atoms with Gasteiger partial charge in [0.1, 0.15) is 5.84 Å². The number of nitriles is 1. The molecule has 1 aromatic rings. The fourth-order valence-corrected chi connectivity index (χ4v) is 0.647. The summed E-state index contributed by atoms with van der Waals surface area (Å²) in [5.74, 6) is 0.0925. The largest absolute Gasteiger partial charge is 0.283 e. The number of hydrogen-bond acceptors (Lipinski definition) is 3. The number of hydrogen-bond donors (Lipinski definition) is 2. The minimum absolute atomic E-state index is 0.0925. The molecule has 0 aliphatic carbocycles. The Morgan fingerprint density at radius 1 is 1.55 bits per heavy atom. The van der Waals surface area contributed by atoms with Gasteiger partial charge in [-0.3, -0.25) is 15.7 Å². The zero-order valence-corrected chi connectivity index (χ0v) is 5.70. The molecule has 0 saturated carbocycles. The predicted octanol–water partition coefficient (Wildman–Crippen LogP) is 0.478. The maximum Gasteiger partial charge on any atom is 0.182 e. The average Bonchev–Trinajstić information content (AvgIpc) is 2.07. The van der Waals surface area contributed by atoms with Crippen molar-refractivity contribution in [2.75, 3.05) is 0 Å². The summed E-state index contributed by atoms with van der Waals surface area (Å²) < 4.78 is 0. The van der Waals surface area contributed by atoms with E-state index in [1.54, 1.807) is 30.7 Å². The van der Waals surface area contributed by atoms with Crippen molar-refractivity contribution >= 4 is 5.84 Å². The Morgan fingerprint density at radius 2 is 2.18 bits per heavy atom. The van der Waals surface area contributed by atoms with Gasteiger partial charge in [-0.25, -0.2) is 0 Å². The van der Waals surface area contributed by atoms with Crippen LogP contribution in [0.5, 0.6) is 0 Å². The van der Waals surface area contributed by atoms with Gasteiger partial charge in [-0.05, 0) is 12.1 Å². The molecule has 1 aromatic heterocycles. The quantitative estimate of drug-likeness (QED) is 0.262. The highest BCUT2D eigenvalue weighted by Crippen LogP contribution is 1.93. The van der Waals surface area contributed by atoms with E-state index in [0.29, 0.717) is 5.56 Å². The predicted molar refractivity (Wildman–Crippen MR) is 39.8 cm³/mol. The van der Waals surface area contributed by atoms with Crippen LogP contribution in [0.2, 0.25) is 0 Å². The molecule has 4 nitrogen and oxygen atoms in total. The SMILES string of the molecule is N#CNC(=N)c1ccncc1. The van der Waals surface area contributed by atoms with E-state index in [2.05, 4.69) is 10.3 Å². The third-order valence-corrected chi connectivity index (χ3v) is 1.15. The van der Waals surface area contributed by atoms with Crippen LogP contribution in [0.25, 0.3) is 0 Å². The van der Waals surface area contributed by atoms with Crippen molar-refractivity contribution in [2.45, 2.75) is 0 Å². The second-order valence-electron chi connectivity index (χ2n) is 1.85. The Labute approximate surface area is 64.0 Å². The molecule has 0 atom stereocenters. The molecule has 1 rings (SSSR count). The third kappa shape index (κ3) is 1.76. The summed E-state index contributed by atoms with van der Waals surface area (Å²) >= 11 is 0. The van der Waals surface area contributed by atoms with E-state index in [9.17, 15) is 0 Å². The van der Waals surface area contributed by atoms with Gasteiger partial charge in [0, 0.05) is 18.0 Å². The molecular formula is C7H6N4. The normalized spacial score (nSPS) is 8.27. The molecule has 0 unspecified atom stereocenters. The first kappa shape index (κ1) is 7.22. The molecule has 4 heteroatoms. The molecule has 2 N–H and O–H groups in total. The lowest BCUT2D eigenvalue weighted by Crippen LogP contribution is -2.16. The highest BCUT2D eigenvalue weighted by atomic mass is 14.9. The molecule has 0 bridgehead atoms. The second-order valence-corrected chi connectivity index (χ2v) is 1.85. The zero-order chi connectivity index (χ0) is 8.10. The van der Waals surface area contributed by atoms with E-state index in [0.717, 1.165) is 0 Å². The average molecular weight is 146 g/mol. The van der Waals surface area contributed by atoms with Gasteiger partial charge in [0.15, 0.2) is 6.19 Å². The summed E-state index contributed by atoms with van der Waals surface area (Å²) in [4.78, 5) is 3.78. The number of nitrogens with zero attached hydrogens (tertiary/aromatic N) is 2. The number of rotatable bonds is 1. The third-order valence-electron chi connectivity index (χ3n) is 1.15. The highest BCUT2D eigenvalue weighted by Gasteiger charge is 1.96. The van der Waals surface area contributed by atoms with E-state index in [-0.39, 0.29) is 5.84 Å².